The Kier molecular flexibility index (Phi) is 5.83. The summed E-state index contributed by atoms with van der Waals surface area (Å²) in [5.41, 5.74) is 0.747. The number of hydrogen-bond donors (Lipinski definition) is 1. The highest BCUT2D eigenvalue weighted by molar-refractivity contribution is 5.92. The van der Waals surface area contributed by atoms with E-state index >= 15 is 0 Å². The fraction of sp³-hybridized carbons (Fsp3) is 0.188. The summed E-state index contributed by atoms with van der Waals surface area (Å²) in [6.07, 6.45) is -0.0327. The number of nitrogens with zero attached hydrogens (tertiary/aromatic N) is 1. The van der Waals surface area contributed by atoms with Crippen molar-refractivity contribution < 1.29 is 28.0 Å². The molecule has 2 aromatic rings. The van der Waals surface area contributed by atoms with Crippen LogP contribution in [-0.2, 0) is 11.2 Å². The highest BCUT2D eigenvalue weighted by Crippen LogP contribution is 2.31. The maximum absolute atomic E-state index is 12.4. The van der Waals surface area contributed by atoms with E-state index < -0.39 is 17.4 Å². The van der Waals surface area contributed by atoms with E-state index in [2.05, 4.69) is 10.1 Å². The summed E-state index contributed by atoms with van der Waals surface area (Å²) in [5.74, 6) is -0.513. The highest BCUT2D eigenvalue weighted by Gasteiger charge is 2.13. The maximum atomic E-state index is 12.4. The molecule has 0 atom stereocenters. The van der Waals surface area contributed by atoms with Crippen LogP contribution in [0.3, 0.4) is 0 Å². The van der Waals surface area contributed by atoms with Gasteiger partial charge in [0.2, 0.25) is 5.91 Å². The number of non-ortho nitro benzene ring substituents is 1. The number of anilines is 1. The standard InChI is InChI=1S/C16H14F2N2O5/c1-24-13-7-4-11(9-14(13)25-16(17)18)19-15(21)8-10-2-5-12(6-3-10)20(22)23/h2-7,9,16H,8H2,1H3,(H,19,21). The summed E-state index contributed by atoms with van der Waals surface area (Å²) < 4.78 is 34.0. The molecule has 2 rings (SSSR count). The van der Waals surface area contributed by atoms with E-state index in [-0.39, 0.29) is 29.3 Å². The van der Waals surface area contributed by atoms with Crippen molar-refractivity contribution in [1.82, 2.24) is 0 Å². The minimum absolute atomic E-state index is 0.0327. The molecule has 0 aliphatic rings. The van der Waals surface area contributed by atoms with Crippen molar-refractivity contribution in [3.63, 3.8) is 0 Å². The fourth-order valence-electron chi connectivity index (χ4n) is 2.07. The van der Waals surface area contributed by atoms with Crippen LogP contribution in [0.1, 0.15) is 5.56 Å². The molecular weight excluding hydrogens is 338 g/mol. The van der Waals surface area contributed by atoms with Gasteiger partial charge in [0, 0.05) is 23.9 Å². The number of rotatable bonds is 7. The first-order valence-corrected chi connectivity index (χ1v) is 7.05. The van der Waals surface area contributed by atoms with Crippen molar-refractivity contribution >= 4 is 17.3 Å². The van der Waals surface area contributed by atoms with Gasteiger partial charge in [-0.1, -0.05) is 12.1 Å². The first-order chi connectivity index (χ1) is 11.9. The Balaban J connectivity index is 2.05. The number of carbonyl (C=O) groups excluding carboxylic acids is 1. The van der Waals surface area contributed by atoms with Crippen LogP contribution < -0.4 is 14.8 Å². The third-order valence-electron chi connectivity index (χ3n) is 3.18. The van der Waals surface area contributed by atoms with Gasteiger partial charge in [-0.05, 0) is 17.7 Å². The fourth-order valence-corrected chi connectivity index (χ4v) is 2.07. The maximum Gasteiger partial charge on any atom is 0.387 e. The second-order valence-corrected chi connectivity index (χ2v) is 4.89. The molecule has 0 heterocycles. The molecule has 0 aliphatic carbocycles. The Labute approximate surface area is 141 Å². The zero-order chi connectivity index (χ0) is 18.4. The molecule has 0 radical (unpaired) electrons. The number of hydrogen-bond acceptors (Lipinski definition) is 5. The van der Waals surface area contributed by atoms with Crippen LogP contribution in [0, 0.1) is 10.1 Å². The van der Waals surface area contributed by atoms with Gasteiger partial charge >= 0.3 is 6.61 Å². The van der Waals surface area contributed by atoms with Crippen LogP contribution in [0.2, 0.25) is 0 Å². The average Bonchev–Trinajstić information content (AvgIpc) is 2.55. The molecule has 0 spiro atoms. The highest BCUT2D eigenvalue weighted by atomic mass is 19.3. The number of carbonyl (C=O) groups is 1. The van der Waals surface area contributed by atoms with E-state index in [4.69, 9.17) is 4.74 Å². The number of alkyl halides is 2. The van der Waals surface area contributed by atoms with Crippen LogP contribution in [-0.4, -0.2) is 24.6 Å². The Morgan fingerprint density at radius 3 is 2.44 bits per heavy atom. The van der Waals surface area contributed by atoms with Crippen LogP contribution >= 0.6 is 0 Å². The van der Waals surface area contributed by atoms with Crippen molar-refractivity contribution in [3.8, 4) is 11.5 Å². The van der Waals surface area contributed by atoms with Crippen LogP contribution in [0.5, 0.6) is 11.5 Å². The smallest absolute Gasteiger partial charge is 0.387 e. The van der Waals surface area contributed by atoms with Crippen molar-refractivity contribution in [3.05, 3.63) is 58.1 Å². The molecule has 1 N–H and O–H groups in total. The minimum Gasteiger partial charge on any atom is -0.493 e. The second-order valence-electron chi connectivity index (χ2n) is 4.89. The first-order valence-electron chi connectivity index (χ1n) is 7.05. The van der Waals surface area contributed by atoms with Gasteiger partial charge in [0.15, 0.2) is 11.5 Å². The van der Waals surface area contributed by atoms with Gasteiger partial charge in [-0.25, -0.2) is 0 Å². The lowest BCUT2D eigenvalue weighted by Crippen LogP contribution is -2.14. The number of methoxy groups -OCH3 is 1. The molecule has 0 unspecified atom stereocenters. The number of ether oxygens (including phenoxy) is 2. The zero-order valence-electron chi connectivity index (χ0n) is 13.1. The predicted octanol–water partition coefficient (Wildman–Crippen LogP) is 3.39. The average molecular weight is 352 g/mol. The number of benzene rings is 2. The second kappa shape index (κ2) is 8.04. The van der Waals surface area contributed by atoms with Gasteiger partial charge < -0.3 is 14.8 Å². The normalized spacial score (nSPS) is 10.4. The molecule has 25 heavy (non-hydrogen) atoms. The van der Waals surface area contributed by atoms with Gasteiger partial charge in [-0.3, -0.25) is 14.9 Å². The van der Waals surface area contributed by atoms with Crippen LogP contribution in [0.15, 0.2) is 42.5 Å². The van der Waals surface area contributed by atoms with E-state index in [9.17, 15) is 23.7 Å². The van der Waals surface area contributed by atoms with Crippen LogP contribution in [0.25, 0.3) is 0 Å². The van der Waals surface area contributed by atoms with E-state index in [0.717, 1.165) is 0 Å². The Morgan fingerprint density at radius 2 is 1.88 bits per heavy atom. The van der Waals surface area contributed by atoms with E-state index in [1.807, 2.05) is 0 Å². The molecule has 132 valence electrons. The van der Waals surface area contributed by atoms with Crippen molar-refractivity contribution in [1.29, 1.82) is 0 Å². The SMILES string of the molecule is COc1ccc(NC(=O)Cc2ccc([N+](=O)[O-])cc2)cc1OC(F)F. The topological polar surface area (TPSA) is 90.7 Å². The molecule has 7 nitrogen and oxygen atoms in total. The minimum atomic E-state index is -3.03. The summed E-state index contributed by atoms with van der Waals surface area (Å²) in [5, 5.41) is 13.1. The van der Waals surface area contributed by atoms with Crippen molar-refractivity contribution in [2.45, 2.75) is 13.0 Å². The molecular formula is C16H14F2N2O5. The lowest BCUT2D eigenvalue weighted by atomic mass is 10.1. The van der Waals surface area contributed by atoms with Gasteiger partial charge in [0.05, 0.1) is 18.5 Å². The number of nitro benzene ring substituents is 1. The third kappa shape index (κ3) is 5.13. The van der Waals surface area contributed by atoms with E-state index in [1.165, 1.54) is 49.6 Å². The number of halogens is 2. The van der Waals surface area contributed by atoms with E-state index in [0.29, 0.717) is 5.56 Å². The predicted molar refractivity (Wildman–Crippen MR) is 85.1 cm³/mol. The monoisotopic (exact) mass is 352 g/mol. The quantitative estimate of drug-likeness (QED) is 0.609. The summed E-state index contributed by atoms with van der Waals surface area (Å²) in [7, 11) is 1.31. The summed E-state index contributed by atoms with van der Waals surface area (Å²) in [6.45, 7) is -3.03. The van der Waals surface area contributed by atoms with Crippen LogP contribution in [0.4, 0.5) is 20.2 Å². The van der Waals surface area contributed by atoms with Gasteiger partial charge in [0.1, 0.15) is 0 Å². The largest absolute Gasteiger partial charge is 0.493 e. The molecule has 0 fully saturated rings. The Bertz CT molecular complexity index is 766. The molecule has 0 aromatic heterocycles. The molecule has 0 aliphatic heterocycles. The summed E-state index contributed by atoms with van der Waals surface area (Å²) >= 11 is 0. The first kappa shape index (κ1) is 18.1. The summed E-state index contributed by atoms with van der Waals surface area (Å²) in [4.78, 5) is 22.1. The molecule has 9 heteroatoms. The number of amides is 1. The molecule has 2 aromatic carbocycles. The molecule has 0 bridgehead atoms. The molecule has 1 amide bonds. The lowest BCUT2D eigenvalue weighted by molar-refractivity contribution is -0.384. The van der Waals surface area contributed by atoms with Gasteiger partial charge in [-0.15, -0.1) is 0 Å². The lowest BCUT2D eigenvalue weighted by Gasteiger charge is -2.12. The molecule has 0 saturated carbocycles. The number of nitrogens with one attached hydrogen (secondary N) is 1. The zero-order valence-corrected chi connectivity index (χ0v) is 13.1. The Morgan fingerprint density at radius 1 is 1.20 bits per heavy atom. The van der Waals surface area contributed by atoms with Gasteiger partial charge in [0.25, 0.3) is 5.69 Å². The van der Waals surface area contributed by atoms with Gasteiger partial charge in [-0.2, -0.15) is 8.78 Å². The summed E-state index contributed by atoms with van der Waals surface area (Å²) in [6, 6.07) is 9.62. The van der Waals surface area contributed by atoms with Crippen molar-refractivity contribution in [2.24, 2.45) is 0 Å². The Hall–Kier alpha value is -3.23. The third-order valence-corrected chi connectivity index (χ3v) is 3.18. The van der Waals surface area contributed by atoms with E-state index in [1.54, 1.807) is 0 Å². The number of nitro groups is 1. The van der Waals surface area contributed by atoms with Crippen molar-refractivity contribution in [2.75, 3.05) is 12.4 Å². The molecule has 0 saturated heterocycles.